The predicted octanol–water partition coefficient (Wildman–Crippen LogP) is 5.47. The lowest BCUT2D eigenvalue weighted by molar-refractivity contribution is -0.131. The molecule has 4 aromatic rings. The molecule has 196 valence electrons. The molecule has 1 N–H and O–H groups in total. The van der Waals surface area contributed by atoms with Gasteiger partial charge in [-0.1, -0.05) is 48.5 Å². The van der Waals surface area contributed by atoms with Crippen LogP contribution in [0.25, 0.3) is 17.1 Å². The van der Waals surface area contributed by atoms with E-state index in [0.717, 1.165) is 86.2 Å². The van der Waals surface area contributed by atoms with Crippen molar-refractivity contribution in [2.45, 2.75) is 25.8 Å². The Balaban J connectivity index is 1.21. The summed E-state index contributed by atoms with van der Waals surface area (Å²) in [6.45, 7) is 5.61. The molecule has 1 aromatic heterocycles. The van der Waals surface area contributed by atoms with E-state index in [-0.39, 0.29) is 5.82 Å². The standard InChI is InChI=1S/C31H33FN4O2/c32-27-14-11-26(12-15-27)23-36-29-6-2-1-5-28(29)33-31(36)35-20-3-18-34(19-4-21-35)22-17-25-9-7-24(8-10-25)13-16-30(37)38/h1-2,5-16H,3-4,17-23H2,(H,37,38). The van der Waals surface area contributed by atoms with Gasteiger partial charge in [-0.15, -0.1) is 0 Å². The molecule has 0 amide bonds. The second-order valence-electron chi connectivity index (χ2n) is 9.81. The van der Waals surface area contributed by atoms with E-state index in [1.807, 2.05) is 36.4 Å². The first-order valence-corrected chi connectivity index (χ1v) is 13.2. The molecule has 7 heteroatoms. The maximum Gasteiger partial charge on any atom is 0.328 e. The van der Waals surface area contributed by atoms with Gasteiger partial charge in [0.15, 0.2) is 0 Å². The fourth-order valence-corrected chi connectivity index (χ4v) is 5.10. The molecule has 0 unspecified atom stereocenters. The summed E-state index contributed by atoms with van der Waals surface area (Å²) in [4.78, 5) is 20.7. The summed E-state index contributed by atoms with van der Waals surface area (Å²) in [6.07, 6.45) is 5.86. The fraction of sp³-hybridized carbons (Fsp3) is 0.290. The zero-order chi connectivity index (χ0) is 26.3. The maximum absolute atomic E-state index is 13.5. The van der Waals surface area contributed by atoms with Gasteiger partial charge in [-0.3, -0.25) is 0 Å². The van der Waals surface area contributed by atoms with Gasteiger partial charge in [0.2, 0.25) is 5.95 Å². The Kier molecular flexibility index (Phi) is 8.14. The Bertz CT molecular complexity index is 1390. The summed E-state index contributed by atoms with van der Waals surface area (Å²) in [7, 11) is 0. The average molecular weight is 513 g/mol. The monoisotopic (exact) mass is 512 g/mol. The van der Waals surface area contributed by atoms with Gasteiger partial charge in [-0.05, 0) is 79.4 Å². The largest absolute Gasteiger partial charge is 0.478 e. The Morgan fingerprint density at radius 1 is 0.895 bits per heavy atom. The van der Waals surface area contributed by atoms with Crippen LogP contribution in [0.15, 0.2) is 78.9 Å². The highest BCUT2D eigenvalue weighted by atomic mass is 19.1. The van der Waals surface area contributed by atoms with Crippen LogP contribution in [0.5, 0.6) is 0 Å². The number of hydrogen-bond acceptors (Lipinski definition) is 4. The smallest absolute Gasteiger partial charge is 0.328 e. The normalized spacial score (nSPS) is 15.1. The summed E-state index contributed by atoms with van der Waals surface area (Å²) in [6, 6.07) is 23.1. The van der Waals surface area contributed by atoms with Gasteiger partial charge in [0.25, 0.3) is 0 Å². The molecule has 0 spiro atoms. The number of para-hydroxylation sites is 2. The van der Waals surface area contributed by atoms with Crippen molar-refractivity contribution in [2.24, 2.45) is 0 Å². The minimum Gasteiger partial charge on any atom is -0.478 e. The first kappa shape index (κ1) is 25.7. The number of fused-ring (bicyclic) bond motifs is 1. The molecule has 0 atom stereocenters. The lowest BCUT2D eigenvalue weighted by Crippen LogP contribution is -2.38. The predicted molar refractivity (Wildman–Crippen MR) is 150 cm³/mol. The number of carboxylic acids is 1. The second kappa shape index (κ2) is 12.0. The molecule has 0 bridgehead atoms. The van der Waals surface area contributed by atoms with Gasteiger partial charge in [-0.2, -0.15) is 0 Å². The first-order chi connectivity index (χ1) is 18.5. The molecular weight excluding hydrogens is 479 g/mol. The molecule has 2 heterocycles. The molecule has 1 saturated heterocycles. The average Bonchev–Trinajstić information content (AvgIpc) is 3.27. The third-order valence-corrected chi connectivity index (χ3v) is 7.09. The molecule has 6 nitrogen and oxygen atoms in total. The summed E-state index contributed by atoms with van der Waals surface area (Å²) < 4.78 is 15.7. The number of rotatable bonds is 8. The van der Waals surface area contributed by atoms with Crippen molar-refractivity contribution >= 4 is 29.0 Å². The van der Waals surface area contributed by atoms with Gasteiger partial charge in [0.05, 0.1) is 17.6 Å². The minimum absolute atomic E-state index is 0.220. The lowest BCUT2D eigenvalue weighted by atomic mass is 10.1. The van der Waals surface area contributed by atoms with E-state index in [2.05, 4.69) is 38.6 Å². The van der Waals surface area contributed by atoms with Crippen molar-refractivity contribution in [3.63, 3.8) is 0 Å². The maximum atomic E-state index is 13.5. The summed E-state index contributed by atoms with van der Waals surface area (Å²) in [5.41, 5.74) is 5.29. The number of nitrogens with zero attached hydrogens (tertiary/aromatic N) is 4. The van der Waals surface area contributed by atoms with E-state index >= 15 is 0 Å². The SMILES string of the molecule is O=C(O)C=Cc1ccc(CCN2CCCN(c3nc4ccccc4n3Cc3ccc(F)cc3)CCC2)cc1. The molecule has 0 radical (unpaired) electrons. The minimum atomic E-state index is -0.935. The molecule has 38 heavy (non-hydrogen) atoms. The van der Waals surface area contributed by atoms with E-state index in [4.69, 9.17) is 10.1 Å². The summed E-state index contributed by atoms with van der Waals surface area (Å²) >= 11 is 0. The van der Waals surface area contributed by atoms with Crippen LogP contribution in [0.3, 0.4) is 0 Å². The number of hydrogen-bond donors (Lipinski definition) is 1. The highest BCUT2D eigenvalue weighted by Crippen LogP contribution is 2.25. The van der Waals surface area contributed by atoms with Crippen LogP contribution in [0.4, 0.5) is 10.3 Å². The summed E-state index contributed by atoms with van der Waals surface area (Å²) in [5, 5.41) is 8.79. The van der Waals surface area contributed by atoms with Gasteiger partial charge in [0.1, 0.15) is 5.82 Å². The van der Waals surface area contributed by atoms with Crippen molar-refractivity contribution in [1.29, 1.82) is 0 Å². The van der Waals surface area contributed by atoms with Gasteiger partial charge in [0, 0.05) is 25.7 Å². The number of anilines is 1. The lowest BCUT2D eigenvalue weighted by Gasteiger charge is -2.31. The molecule has 3 aromatic carbocycles. The van der Waals surface area contributed by atoms with E-state index in [1.54, 1.807) is 6.08 Å². The van der Waals surface area contributed by atoms with Crippen molar-refractivity contribution in [2.75, 3.05) is 37.6 Å². The zero-order valence-corrected chi connectivity index (χ0v) is 21.5. The number of halogens is 1. The number of carbonyl (C=O) groups is 1. The van der Waals surface area contributed by atoms with Crippen molar-refractivity contribution in [3.8, 4) is 0 Å². The Labute approximate surface area is 222 Å². The van der Waals surface area contributed by atoms with E-state index in [0.29, 0.717) is 6.54 Å². The van der Waals surface area contributed by atoms with Gasteiger partial charge < -0.3 is 19.5 Å². The van der Waals surface area contributed by atoms with Crippen LogP contribution in [0, 0.1) is 5.82 Å². The highest BCUT2D eigenvalue weighted by molar-refractivity contribution is 5.85. The number of carboxylic acid groups (broad SMARTS) is 1. The quantitative estimate of drug-likeness (QED) is 0.318. The molecule has 0 saturated carbocycles. The van der Waals surface area contributed by atoms with Crippen LogP contribution in [-0.2, 0) is 17.8 Å². The summed E-state index contributed by atoms with van der Waals surface area (Å²) in [5.74, 6) is -0.168. The van der Waals surface area contributed by atoms with Gasteiger partial charge >= 0.3 is 5.97 Å². The topological polar surface area (TPSA) is 61.6 Å². The van der Waals surface area contributed by atoms with E-state index in [1.165, 1.54) is 17.7 Å². The molecule has 0 aliphatic carbocycles. The Hall–Kier alpha value is -3.97. The molecule has 1 fully saturated rings. The van der Waals surface area contributed by atoms with Crippen LogP contribution < -0.4 is 4.90 Å². The Morgan fingerprint density at radius 2 is 1.58 bits per heavy atom. The van der Waals surface area contributed by atoms with E-state index in [9.17, 15) is 9.18 Å². The van der Waals surface area contributed by atoms with Crippen LogP contribution in [0.2, 0.25) is 0 Å². The second-order valence-corrected chi connectivity index (χ2v) is 9.81. The molecular formula is C31H33FN4O2. The third kappa shape index (κ3) is 6.47. The van der Waals surface area contributed by atoms with E-state index < -0.39 is 5.97 Å². The zero-order valence-electron chi connectivity index (χ0n) is 21.5. The van der Waals surface area contributed by atoms with Crippen molar-refractivity contribution in [1.82, 2.24) is 14.5 Å². The number of aromatic nitrogens is 2. The van der Waals surface area contributed by atoms with Crippen molar-refractivity contribution < 1.29 is 14.3 Å². The molecule has 1 aliphatic rings. The number of aliphatic carboxylic acids is 1. The highest BCUT2D eigenvalue weighted by Gasteiger charge is 2.20. The first-order valence-electron chi connectivity index (χ1n) is 13.2. The Morgan fingerprint density at radius 3 is 2.29 bits per heavy atom. The van der Waals surface area contributed by atoms with Crippen LogP contribution in [0.1, 0.15) is 29.5 Å². The number of benzene rings is 3. The van der Waals surface area contributed by atoms with Gasteiger partial charge in [-0.25, -0.2) is 14.2 Å². The molecule has 1 aliphatic heterocycles. The van der Waals surface area contributed by atoms with Crippen LogP contribution in [-0.4, -0.2) is 58.3 Å². The fourth-order valence-electron chi connectivity index (χ4n) is 5.10. The van der Waals surface area contributed by atoms with Crippen molar-refractivity contribution in [3.05, 3.63) is 101 Å². The number of imidazole rings is 1. The third-order valence-electron chi connectivity index (χ3n) is 7.09. The van der Waals surface area contributed by atoms with Crippen LogP contribution >= 0.6 is 0 Å². The molecule has 5 rings (SSSR count).